The summed E-state index contributed by atoms with van der Waals surface area (Å²) in [6.07, 6.45) is 1.75. The predicted octanol–water partition coefficient (Wildman–Crippen LogP) is 4.41. The van der Waals surface area contributed by atoms with Gasteiger partial charge in [-0.05, 0) is 38.0 Å². The number of anilines is 1. The standard InChI is InChI=1S/C20H24N4O/c1-13(2)18-11-16(17-12-21-24(14(3)4)19(17)22-18)20(25)23(5)15-9-7-6-8-10-15/h6-14H,1-5H3. The molecule has 0 aliphatic rings. The van der Waals surface area contributed by atoms with Crippen molar-refractivity contribution in [3.63, 3.8) is 0 Å². The average Bonchev–Trinajstić information content (AvgIpc) is 3.04. The summed E-state index contributed by atoms with van der Waals surface area (Å²) in [6.45, 7) is 8.29. The Morgan fingerprint density at radius 1 is 1.12 bits per heavy atom. The highest BCUT2D eigenvalue weighted by Gasteiger charge is 2.21. The van der Waals surface area contributed by atoms with Crippen molar-refractivity contribution in [3.05, 3.63) is 53.9 Å². The molecule has 0 fully saturated rings. The van der Waals surface area contributed by atoms with E-state index in [2.05, 4.69) is 32.8 Å². The Balaban J connectivity index is 2.16. The van der Waals surface area contributed by atoms with Crippen molar-refractivity contribution in [3.8, 4) is 0 Å². The Bertz CT molecular complexity index is 897. The number of carbonyl (C=O) groups is 1. The number of pyridine rings is 1. The summed E-state index contributed by atoms with van der Waals surface area (Å²) in [7, 11) is 1.80. The molecule has 0 aliphatic carbocycles. The minimum Gasteiger partial charge on any atom is -0.311 e. The first-order chi connectivity index (χ1) is 11.9. The van der Waals surface area contributed by atoms with Crippen molar-refractivity contribution in [1.82, 2.24) is 14.8 Å². The van der Waals surface area contributed by atoms with Gasteiger partial charge in [0.1, 0.15) is 0 Å². The van der Waals surface area contributed by atoms with Crippen LogP contribution in [-0.2, 0) is 0 Å². The molecule has 0 atom stereocenters. The Hall–Kier alpha value is -2.69. The number of benzene rings is 1. The van der Waals surface area contributed by atoms with Crippen LogP contribution in [0.1, 0.15) is 55.7 Å². The second-order valence-electron chi connectivity index (χ2n) is 6.87. The Kier molecular flexibility index (Phi) is 4.57. The van der Waals surface area contributed by atoms with E-state index in [1.807, 2.05) is 41.1 Å². The zero-order valence-corrected chi connectivity index (χ0v) is 15.4. The molecule has 0 saturated carbocycles. The monoisotopic (exact) mass is 336 g/mol. The Labute approximate surface area is 148 Å². The molecule has 2 heterocycles. The topological polar surface area (TPSA) is 51.0 Å². The molecule has 3 rings (SSSR count). The summed E-state index contributed by atoms with van der Waals surface area (Å²) in [6, 6.07) is 11.7. The molecule has 0 radical (unpaired) electrons. The number of nitrogens with zero attached hydrogens (tertiary/aromatic N) is 4. The number of hydrogen-bond acceptors (Lipinski definition) is 3. The van der Waals surface area contributed by atoms with Gasteiger partial charge >= 0.3 is 0 Å². The van der Waals surface area contributed by atoms with Gasteiger partial charge in [0.2, 0.25) is 0 Å². The fraction of sp³-hybridized carbons (Fsp3) is 0.350. The maximum Gasteiger partial charge on any atom is 0.258 e. The van der Waals surface area contributed by atoms with Crippen LogP contribution in [0.4, 0.5) is 5.69 Å². The smallest absolute Gasteiger partial charge is 0.258 e. The van der Waals surface area contributed by atoms with Gasteiger partial charge in [-0.15, -0.1) is 0 Å². The highest BCUT2D eigenvalue weighted by Crippen LogP contribution is 2.26. The summed E-state index contributed by atoms with van der Waals surface area (Å²) < 4.78 is 1.88. The van der Waals surface area contributed by atoms with Gasteiger partial charge in [-0.2, -0.15) is 5.10 Å². The highest BCUT2D eigenvalue weighted by molar-refractivity contribution is 6.13. The minimum absolute atomic E-state index is 0.0520. The largest absolute Gasteiger partial charge is 0.311 e. The molecule has 0 bridgehead atoms. The number of rotatable bonds is 4. The summed E-state index contributed by atoms with van der Waals surface area (Å²) >= 11 is 0. The number of hydrogen-bond donors (Lipinski definition) is 0. The summed E-state index contributed by atoms with van der Waals surface area (Å²) in [5.74, 6) is 0.178. The molecule has 0 saturated heterocycles. The van der Waals surface area contributed by atoms with Crippen molar-refractivity contribution < 1.29 is 4.79 Å². The zero-order valence-electron chi connectivity index (χ0n) is 15.4. The van der Waals surface area contributed by atoms with E-state index in [4.69, 9.17) is 4.98 Å². The van der Waals surface area contributed by atoms with Crippen molar-refractivity contribution in [2.75, 3.05) is 11.9 Å². The van der Waals surface area contributed by atoms with E-state index in [0.717, 1.165) is 22.4 Å². The number of amides is 1. The molecule has 3 aromatic rings. The molecule has 2 aromatic heterocycles. The summed E-state index contributed by atoms with van der Waals surface area (Å²) in [4.78, 5) is 19.6. The van der Waals surface area contributed by atoms with Crippen LogP contribution >= 0.6 is 0 Å². The van der Waals surface area contributed by atoms with Crippen LogP contribution in [0.15, 0.2) is 42.6 Å². The van der Waals surface area contributed by atoms with Crippen molar-refractivity contribution >= 4 is 22.6 Å². The van der Waals surface area contributed by atoms with Crippen LogP contribution in [0.2, 0.25) is 0 Å². The van der Waals surface area contributed by atoms with Crippen LogP contribution in [0.25, 0.3) is 11.0 Å². The Morgan fingerprint density at radius 3 is 2.40 bits per heavy atom. The number of carbonyl (C=O) groups excluding carboxylic acids is 1. The molecule has 130 valence electrons. The van der Waals surface area contributed by atoms with Gasteiger partial charge in [-0.25, -0.2) is 9.67 Å². The van der Waals surface area contributed by atoms with Crippen molar-refractivity contribution in [2.45, 2.75) is 39.7 Å². The average molecular weight is 336 g/mol. The predicted molar refractivity (Wildman–Crippen MR) is 101 cm³/mol. The number of fused-ring (bicyclic) bond motifs is 1. The van der Waals surface area contributed by atoms with Crippen LogP contribution in [0.5, 0.6) is 0 Å². The molecular formula is C20H24N4O. The summed E-state index contributed by atoms with van der Waals surface area (Å²) in [5.41, 5.74) is 3.18. The Morgan fingerprint density at radius 2 is 1.80 bits per heavy atom. The van der Waals surface area contributed by atoms with Gasteiger partial charge in [0, 0.05) is 24.5 Å². The lowest BCUT2D eigenvalue weighted by Gasteiger charge is -2.19. The van der Waals surface area contributed by atoms with E-state index in [1.54, 1.807) is 18.1 Å². The van der Waals surface area contributed by atoms with E-state index >= 15 is 0 Å². The first-order valence-electron chi connectivity index (χ1n) is 8.61. The first kappa shape index (κ1) is 17.1. The number of aromatic nitrogens is 3. The van der Waals surface area contributed by atoms with Crippen LogP contribution in [0, 0.1) is 0 Å². The van der Waals surface area contributed by atoms with Gasteiger partial charge in [0.25, 0.3) is 5.91 Å². The highest BCUT2D eigenvalue weighted by atomic mass is 16.2. The quantitative estimate of drug-likeness (QED) is 0.709. The third-order valence-corrected chi connectivity index (χ3v) is 4.35. The second-order valence-corrected chi connectivity index (χ2v) is 6.87. The van der Waals surface area contributed by atoms with E-state index in [-0.39, 0.29) is 17.9 Å². The molecule has 0 aliphatic heterocycles. The van der Waals surface area contributed by atoms with Crippen molar-refractivity contribution in [1.29, 1.82) is 0 Å². The third-order valence-electron chi connectivity index (χ3n) is 4.35. The molecule has 0 unspecified atom stereocenters. The van der Waals surface area contributed by atoms with Crippen LogP contribution in [0.3, 0.4) is 0 Å². The maximum absolute atomic E-state index is 13.2. The normalized spacial score (nSPS) is 11.5. The summed E-state index contributed by atoms with van der Waals surface area (Å²) in [5, 5.41) is 5.25. The van der Waals surface area contributed by atoms with Crippen molar-refractivity contribution in [2.24, 2.45) is 0 Å². The first-order valence-corrected chi connectivity index (χ1v) is 8.61. The maximum atomic E-state index is 13.2. The van der Waals surface area contributed by atoms with Gasteiger partial charge in [-0.1, -0.05) is 32.0 Å². The van der Waals surface area contributed by atoms with Crippen LogP contribution < -0.4 is 4.90 Å². The molecule has 0 N–H and O–H groups in total. The van der Waals surface area contributed by atoms with E-state index in [0.29, 0.717) is 5.56 Å². The van der Waals surface area contributed by atoms with Crippen LogP contribution in [-0.4, -0.2) is 27.7 Å². The van der Waals surface area contributed by atoms with Gasteiger partial charge in [-0.3, -0.25) is 4.79 Å². The van der Waals surface area contributed by atoms with Gasteiger partial charge < -0.3 is 4.90 Å². The second kappa shape index (κ2) is 6.67. The molecule has 25 heavy (non-hydrogen) atoms. The van der Waals surface area contributed by atoms with E-state index in [1.165, 1.54) is 0 Å². The van der Waals surface area contributed by atoms with Gasteiger partial charge in [0.15, 0.2) is 5.65 Å². The zero-order chi connectivity index (χ0) is 18.1. The molecule has 5 nitrogen and oxygen atoms in total. The molecule has 5 heteroatoms. The lowest BCUT2D eigenvalue weighted by molar-refractivity contribution is 0.0994. The molecule has 1 aromatic carbocycles. The van der Waals surface area contributed by atoms with E-state index < -0.39 is 0 Å². The lowest BCUT2D eigenvalue weighted by Crippen LogP contribution is -2.26. The van der Waals surface area contributed by atoms with E-state index in [9.17, 15) is 4.79 Å². The third kappa shape index (κ3) is 3.14. The fourth-order valence-corrected chi connectivity index (χ4v) is 2.84. The molecule has 0 spiro atoms. The molecule has 1 amide bonds. The minimum atomic E-state index is -0.0520. The number of para-hydroxylation sites is 1. The van der Waals surface area contributed by atoms with Gasteiger partial charge in [0.05, 0.1) is 17.1 Å². The SMILES string of the molecule is CC(C)c1cc(C(=O)N(C)c2ccccc2)c2cnn(C(C)C)c2n1. The lowest BCUT2D eigenvalue weighted by atomic mass is 10.0. The fourth-order valence-electron chi connectivity index (χ4n) is 2.84. The molecular weight excluding hydrogens is 312 g/mol.